The molecular weight excluding hydrogens is 392 g/mol. The number of nitrogens with zero attached hydrogens (tertiary/aromatic N) is 3. The van der Waals surface area contributed by atoms with Crippen molar-refractivity contribution in [2.45, 2.75) is 12.6 Å². The van der Waals surface area contributed by atoms with Gasteiger partial charge in [-0.3, -0.25) is 9.78 Å². The molecule has 3 aromatic rings. The van der Waals surface area contributed by atoms with Crippen molar-refractivity contribution in [3.05, 3.63) is 70.9 Å². The minimum atomic E-state index is -4.64. The monoisotopic (exact) mass is 406 g/mol. The second kappa shape index (κ2) is 7.19. The van der Waals surface area contributed by atoms with Crippen LogP contribution >= 0.6 is 0 Å². The Hall–Kier alpha value is -3.43. The Labute approximate surface area is 162 Å². The fourth-order valence-corrected chi connectivity index (χ4v) is 2.99. The number of fused-ring (bicyclic) bond motifs is 1. The first kappa shape index (κ1) is 18.9. The molecule has 0 saturated carbocycles. The Morgan fingerprint density at radius 1 is 1.21 bits per heavy atom. The van der Waals surface area contributed by atoms with Crippen molar-refractivity contribution >= 4 is 5.91 Å². The van der Waals surface area contributed by atoms with Gasteiger partial charge in [-0.15, -0.1) is 5.10 Å². The number of amides is 1. The summed E-state index contributed by atoms with van der Waals surface area (Å²) in [7, 11) is 0. The van der Waals surface area contributed by atoms with Gasteiger partial charge in [-0.2, -0.15) is 13.2 Å². The Kier molecular flexibility index (Phi) is 4.69. The van der Waals surface area contributed by atoms with Gasteiger partial charge in [0.15, 0.2) is 0 Å². The van der Waals surface area contributed by atoms with Crippen molar-refractivity contribution in [2.24, 2.45) is 0 Å². The minimum Gasteiger partial charge on any atom is -0.474 e. The van der Waals surface area contributed by atoms with Gasteiger partial charge < -0.3 is 10.1 Å². The first-order chi connectivity index (χ1) is 13.8. The molecule has 0 saturated heterocycles. The second-order valence-electron chi connectivity index (χ2n) is 6.42. The van der Waals surface area contributed by atoms with E-state index in [0.717, 1.165) is 12.1 Å². The molecular formula is C19H14F4N4O2. The maximum Gasteiger partial charge on any atom is 0.416 e. The highest BCUT2D eigenvalue weighted by Gasteiger charge is 2.31. The van der Waals surface area contributed by atoms with Crippen LogP contribution in [0.1, 0.15) is 27.2 Å². The van der Waals surface area contributed by atoms with E-state index < -0.39 is 17.6 Å². The van der Waals surface area contributed by atoms with Crippen molar-refractivity contribution in [3.63, 3.8) is 0 Å². The van der Waals surface area contributed by atoms with E-state index in [1.165, 1.54) is 17.1 Å². The number of benzene rings is 1. The number of hydrogen-bond donors (Lipinski definition) is 1. The summed E-state index contributed by atoms with van der Waals surface area (Å²) in [4.78, 5) is 16.2. The standard InChI is InChI=1S/C19H14F4N4O2/c20-13-6-11(5-12(8-13)19(21,22)23)7-14-9-15(1-2-24-14)27-10-16-17(28)25-3-4-29-18(16)26-27/h1-2,5-6,8-10H,3-4,7H2,(H,25,28). The summed E-state index contributed by atoms with van der Waals surface area (Å²) in [5.74, 6) is -1.08. The fourth-order valence-electron chi connectivity index (χ4n) is 2.99. The Balaban J connectivity index is 1.63. The van der Waals surface area contributed by atoms with Crippen LogP contribution in [0, 0.1) is 5.82 Å². The molecule has 0 bridgehead atoms. The van der Waals surface area contributed by atoms with E-state index in [0.29, 0.717) is 30.6 Å². The van der Waals surface area contributed by atoms with Gasteiger partial charge in [-0.05, 0) is 35.9 Å². The molecule has 2 aromatic heterocycles. The molecule has 1 aliphatic heterocycles. The van der Waals surface area contributed by atoms with Crippen LogP contribution in [0.3, 0.4) is 0 Å². The van der Waals surface area contributed by atoms with Crippen LogP contribution in [0.15, 0.2) is 42.7 Å². The molecule has 10 heteroatoms. The van der Waals surface area contributed by atoms with Gasteiger partial charge in [-0.25, -0.2) is 9.07 Å². The van der Waals surface area contributed by atoms with E-state index in [4.69, 9.17) is 4.74 Å². The van der Waals surface area contributed by atoms with Crippen LogP contribution in [0.4, 0.5) is 17.6 Å². The van der Waals surface area contributed by atoms with Crippen LogP contribution in [-0.2, 0) is 12.6 Å². The quantitative estimate of drug-likeness (QED) is 0.679. The normalized spacial score (nSPS) is 14.0. The number of alkyl halides is 3. The highest BCUT2D eigenvalue weighted by molar-refractivity contribution is 5.96. The van der Waals surface area contributed by atoms with Crippen molar-refractivity contribution < 1.29 is 27.1 Å². The second-order valence-corrected chi connectivity index (χ2v) is 6.42. The first-order valence-corrected chi connectivity index (χ1v) is 8.62. The number of nitrogens with one attached hydrogen (secondary N) is 1. The molecule has 29 heavy (non-hydrogen) atoms. The van der Waals surface area contributed by atoms with E-state index in [9.17, 15) is 22.4 Å². The van der Waals surface area contributed by atoms with Gasteiger partial charge in [0.1, 0.15) is 18.0 Å². The molecule has 0 radical (unpaired) electrons. The summed E-state index contributed by atoms with van der Waals surface area (Å²) >= 11 is 0. The predicted molar refractivity (Wildman–Crippen MR) is 93.4 cm³/mol. The highest BCUT2D eigenvalue weighted by atomic mass is 19.4. The van der Waals surface area contributed by atoms with Gasteiger partial charge >= 0.3 is 6.18 Å². The molecule has 3 heterocycles. The molecule has 4 rings (SSSR count). The molecule has 1 aromatic carbocycles. The Morgan fingerprint density at radius 2 is 2.03 bits per heavy atom. The fraction of sp³-hybridized carbons (Fsp3) is 0.211. The summed E-state index contributed by atoms with van der Waals surface area (Å²) < 4.78 is 59.2. The zero-order valence-corrected chi connectivity index (χ0v) is 14.8. The lowest BCUT2D eigenvalue weighted by Gasteiger charge is -2.10. The lowest BCUT2D eigenvalue weighted by Crippen LogP contribution is -2.24. The lowest BCUT2D eigenvalue weighted by molar-refractivity contribution is -0.137. The maximum absolute atomic E-state index is 13.6. The molecule has 1 N–H and O–H groups in total. The topological polar surface area (TPSA) is 69.0 Å². The molecule has 0 unspecified atom stereocenters. The molecule has 0 spiro atoms. The molecule has 150 valence electrons. The number of hydrogen-bond acceptors (Lipinski definition) is 4. The van der Waals surface area contributed by atoms with Gasteiger partial charge in [0.2, 0.25) is 5.88 Å². The van der Waals surface area contributed by atoms with Crippen molar-refractivity contribution in [1.29, 1.82) is 0 Å². The number of aromatic nitrogens is 3. The average molecular weight is 406 g/mol. The zero-order chi connectivity index (χ0) is 20.6. The van der Waals surface area contributed by atoms with E-state index in [-0.39, 0.29) is 29.3 Å². The van der Waals surface area contributed by atoms with Crippen molar-refractivity contribution in [2.75, 3.05) is 13.2 Å². The smallest absolute Gasteiger partial charge is 0.416 e. The van der Waals surface area contributed by atoms with E-state index in [1.807, 2.05) is 0 Å². The number of carbonyl (C=O) groups excluding carboxylic acids is 1. The third-order valence-corrected chi connectivity index (χ3v) is 4.29. The van der Waals surface area contributed by atoms with E-state index in [1.54, 1.807) is 12.1 Å². The Bertz CT molecular complexity index is 1080. The minimum absolute atomic E-state index is 0.00729. The molecule has 1 aliphatic rings. The van der Waals surface area contributed by atoms with E-state index >= 15 is 0 Å². The third-order valence-electron chi connectivity index (χ3n) is 4.29. The van der Waals surface area contributed by atoms with Gasteiger partial charge in [-0.1, -0.05) is 0 Å². The zero-order valence-electron chi connectivity index (χ0n) is 14.8. The maximum atomic E-state index is 13.6. The van der Waals surface area contributed by atoms with Gasteiger partial charge in [0.05, 0.1) is 17.8 Å². The lowest BCUT2D eigenvalue weighted by atomic mass is 10.0. The first-order valence-electron chi connectivity index (χ1n) is 8.62. The van der Waals surface area contributed by atoms with E-state index in [2.05, 4.69) is 15.4 Å². The van der Waals surface area contributed by atoms with Crippen LogP contribution in [0.2, 0.25) is 0 Å². The van der Waals surface area contributed by atoms with Crippen LogP contribution in [0.5, 0.6) is 5.88 Å². The van der Waals surface area contributed by atoms with Gasteiger partial charge in [0.25, 0.3) is 5.91 Å². The van der Waals surface area contributed by atoms with Crippen molar-refractivity contribution in [1.82, 2.24) is 20.1 Å². The molecule has 0 fully saturated rings. The van der Waals surface area contributed by atoms with Gasteiger partial charge in [0, 0.05) is 24.5 Å². The number of ether oxygens (including phenoxy) is 1. The highest BCUT2D eigenvalue weighted by Crippen LogP contribution is 2.31. The number of rotatable bonds is 3. The number of pyridine rings is 1. The summed E-state index contributed by atoms with van der Waals surface area (Å²) in [5, 5.41) is 6.91. The SMILES string of the molecule is O=C1NCCOc2nn(-c3ccnc(Cc4cc(F)cc(C(F)(F)F)c4)c3)cc21. The predicted octanol–water partition coefficient (Wildman–Crippen LogP) is 3.14. The number of halogens is 4. The number of carbonyl (C=O) groups is 1. The summed E-state index contributed by atoms with van der Waals surface area (Å²) in [5.41, 5.74) is 0.314. The summed E-state index contributed by atoms with van der Waals surface area (Å²) in [6, 6.07) is 5.61. The van der Waals surface area contributed by atoms with Crippen LogP contribution < -0.4 is 10.1 Å². The van der Waals surface area contributed by atoms with Crippen LogP contribution in [-0.4, -0.2) is 33.8 Å². The molecule has 0 atom stereocenters. The Morgan fingerprint density at radius 3 is 2.83 bits per heavy atom. The average Bonchev–Trinajstić information content (AvgIpc) is 3.01. The molecule has 6 nitrogen and oxygen atoms in total. The molecule has 1 amide bonds. The summed E-state index contributed by atoms with van der Waals surface area (Å²) in [6.45, 7) is 0.667. The van der Waals surface area contributed by atoms with Crippen molar-refractivity contribution in [3.8, 4) is 11.6 Å². The largest absolute Gasteiger partial charge is 0.474 e. The molecule has 0 aliphatic carbocycles. The third kappa shape index (κ3) is 4.05. The van der Waals surface area contributed by atoms with Crippen LogP contribution in [0.25, 0.3) is 5.69 Å². The summed E-state index contributed by atoms with van der Waals surface area (Å²) in [6.07, 6.45) is -1.69.